The van der Waals surface area contributed by atoms with Gasteiger partial charge >= 0.3 is 0 Å². The van der Waals surface area contributed by atoms with E-state index in [0.29, 0.717) is 0 Å². The lowest BCUT2D eigenvalue weighted by Crippen LogP contribution is -2.03. The van der Waals surface area contributed by atoms with Crippen molar-refractivity contribution in [3.63, 3.8) is 0 Å². The van der Waals surface area contributed by atoms with Crippen LogP contribution < -0.4 is 5.32 Å². The summed E-state index contributed by atoms with van der Waals surface area (Å²) in [5, 5.41) is 3.07. The maximum atomic E-state index is 5.75. The van der Waals surface area contributed by atoms with Crippen molar-refractivity contribution in [2.24, 2.45) is 0 Å². The number of hydrogen-bond donors (Lipinski definition) is 1. The fourth-order valence-electron chi connectivity index (χ4n) is 1.63. The lowest BCUT2D eigenvalue weighted by molar-refractivity contribution is 0.507. The van der Waals surface area contributed by atoms with Gasteiger partial charge in [0.25, 0.3) is 0 Å². The molecule has 0 aliphatic rings. The molecule has 1 N–H and O–H groups in total. The molecular formula is C13H14BrNO. The van der Waals surface area contributed by atoms with E-state index in [-0.39, 0.29) is 0 Å². The van der Waals surface area contributed by atoms with Crippen LogP contribution >= 0.6 is 15.9 Å². The molecule has 0 radical (unpaired) electrons. The fourth-order valence-corrected chi connectivity index (χ4v) is 2.09. The molecule has 0 amide bonds. The first-order chi connectivity index (χ1) is 7.72. The van der Waals surface area contributed by atoms with Crippen LogP contribution in [0.3, 0.4) is 0 Å². The molecule has 1 heterocycles. The van der Waals surface area contributed by atoms with Crippen molar-refractivity contribution in [1.29, 1.82) is 0 Å². The number of nitrogens with one attached hydrogen (secondary N) is 1. The second-order valence-electron chi connectivity index (χ2n) is 3.73. The lowest BCUT2D eigenvalue weighted by Gasteiger charge is -2.03. The minimum Gasteiger partial charge on any atom is -0.460 e. The highest BCUT2D eigenvalue weighted by Gasteiger charge is 2.09. The van der Waals surface area contributed by atoms with Crippen LogP contribution in [0, 0.1) is 6.92 Å². The fraction of sp³-hybridized carbons (Fsp3) is 0.231. The van der Waals surface area contributed by atoms with Gasteiger partial charge in [0.15, 0.2) is 0 Å². The first-order valence-electron chi connectivity index (χ1n) is 5.21. The maximum absolute atomic E-state index is 5.75. The van der Waals surface area contributed by atoms with E-state index < -0.39 is 0 Å². The normalized spacial score (nSPS) is 10.7. The third kappa shape index (κ3) is 2.20. The second kappa shape index (κ2) is 4.85. The predicted octanol–water partition coefficient (Wildman–Crippen LogP) is 3.74. The minimum atomic E-state index is 0.753. The Hall–Kier alpha value is -1.06. The zero-order chi connectivity index (χ0) is 11.5. The van der Waals surface area contributed by atoms with E-state index >= 15 is 0 Å². The number of rotatable bonds is 3. The predicted molar refractivity (Wildman–Crippen MR) is 69.3 cm³/mol. The highest BCUT2D eigenvalue weighted by Crippen LogP contribution is 2.31. The molecule has 2 rings (SSSR count). The molecule has 2 aromatic rings. The van der Waals surface area contributed by atoms with E-state index in [4.69, 9.17) is 4.42 Å². The largest absolute Gasteiger partial charge is 0.460 e. The van der Waals surface area contributed by atoms with E-state index in [0.717, 1.165) is 28.1 Å². The van der Waals surface area contributed by atoms with Crippen LogP contribution in [0.15, 0.2) is 39.2 Å². The van der Waals surface area contributed by atoms with E-state index in [1.165, 1.54) is 5.56 Å². The topological polar surface area (TPSA) is 25.2 Å². The quantitative estimate of drug-likeness (QED) is 0.926. The molecule has 3 heteroatoms. The average Bonchev–Trinajstić information content (AvgIpc) is 2.71. The standard InChI is InChI=1S/C13H14BrNO/c1-9-4-3-5-11(13(9)14)12-7-6-10(16-12)8-15-2/h3-7,15H,8H2,1-2H3. The van der Waals surface area contributed by atoms with Crippen LogP contribution in [-0.4, -0.2) is 7.05 Å². The van der Waals surface area contributed by atoms with Gasteiger partial charge in [-0.2, -0.15) is 0 Å². The first-order valence-corrected chi connectivity index (χ1v) is 6.00. The third-order valence-corrected chi connectivity index (χ3v) is 3.52. The van der Waals surface area contributed by atoms with Gasteiger partial charge < -0.3 is 9.73 Å². The van der Waals surface area contributed by atoms with Crippen LogP contribution in [0.5, 0.6) is 0 Å². The molecule has 1 aromatic heterocycles. The van der Waals surface area contributed by atoms with E-state index in [1.54, 1.807) is 0 Å². The van der Waals surface area contributed by atoms with Gasteiger partial charge in [-0.05, 0) is 47.6 Å². The highest BCUT2D eigenvalue weighted by atomic mass is 79.9. The van der Waals surface area contributed by atoms with Crippen molar-refractivity contribution in [3.05, 3.63) is 46.1 Å². The van der Waals surface area contributed by atoms with Gasteiger partial charge in [-0.1, -0.05) is 18.2 Å². The van der Waals surface area contributed by atoms with Gasteiger partial charge in [0, 0.05) is 10.0 Å². The van der Waals surface area contributed by atoms with E-state index in [2.05, 4.69) is 40.3 Å². The minimum absolute atomic E-state index is 0.753. The van der Waals surface area contributed by atoms with Crippen LogP contribution in [-0.2, 0) is 6.54 Å². The zero-order valence-electron chi connectivity index (χ0n) is 9.38. The summed E-state index contributed by atoms with van der Waals surface area (Å²) in [6, 6.07) is 10.2. The van der Waals surface area contributed by atoms with Crippen molar-refractivity contribution < 1.29 is 4.42 Å². The van der Waals surface area contributed by atoms with Crippen molar-refractivity contribution in [2.75, 3.05) is 7.05 Å². The lowest BCUT2D eigenvalue weighted by atomic mass is 10.1. The summed E-state index contributed by atoms with van der Waals surface area (Å²) in [7, 11) is 1.91. The highest BCUT2D eigenvalue weighted by molar-refractivity contribution is 9.10. The summed E-state index contributed by atoms with van der Waals surface area (Å²) in [5.74, 6) is 1.85. The third-order valence-electron chi connectivity index (χ3n) is 2.47. The molecule has 0 saturated carbocycles. The molecule has 0 unspecified atom stereocenters. The van der Waals surface area contributed by atoms with Gasteiger partial charge in [0.2, 0.25) is 0 Å². The number of halogens is 1. The van der Waals surface area contributed by atoms with Crippen molar-refractivity contribution >= 4 is 15.9 Å². The van der Waals surface area contributed by atoms with E-state index in [1.807, 2.05) is 25.2 Å². The molecule has 0 atom stereocenters. The molecule has 0 aliphatic carbocycles. The molecule has 0 aliphatic heterocycles. The van der Waals surface area contributed by atoms with Gasteiger partial charge in [-0.3, -0.25) is 0 Å². The number of benzene rings is 1. The summed E-state index contributed by atoms with van der Waals surface area (Å²) in [6.45, 7) is 2.83. The summed E-state index contributed by atoms with van der Waals surface area (Å²) in [5.41, 5.74) is 2.31. The SMILES string of the molecule is CNCc1ccc(-c2cccc(C)c2Br)o1. The van der Waals surface area contributed by atoms with Crippen molar-refractivity contribution in [1.82, 2.24) is 5.32 Å². The smallest absolute Gasteiger partial charge is 0.135 e. The number of hydrogen-bond acceptors (Lipinski definition) is 2. The Bertz CT molecular complexity index is 490. The van der Waals surface area contributed by atoms with Crippen LogP contribution in [0.25, 0.3) is 11.3 Å². The molecule has 0 spiro atoms. The Balaban J connectivity index is 2.39. The average molecular weight is 280 g/mol. The molecule has 16 heavy (non-hydrogen) atoms. The van der Waals surface area contributed by atoms with Crippen LogP contribution in [0.2, 0.25) is 0 Å². The van der Waals surface area contributed by atoms with E-state index in [9.17, 15) is 0 Å². The molecule has 0 saturated heterocycles. The van der Waals surface area contributed by atoms with Gasteiger partial charge in [0.05, 0.1) is 6.54 Å². The first kappa shape index (κ1) is 11.4. The van der Waals surface area contributed by atoms with Crippen LogP contribution in [0.4, 0.5) is 0 Å². The molecule has 0 fully saturated rings. The Labute approximate surface area is 104 Å². The summed E-state index contributed by atoms with van der Waals surface area (Å²) in [6.07, 6.45) is 0. The molecule has 2 nitrogen and oxygen atoms in total. The Kier molecular flexibility index (Phi) is 3.46. The van der Waals surface area contributed by atoms with Gasteiger partial charge in [0.1, 0.15) is 11.5 Å². The summed E-state index contributed by atoms with van der Waals surface area (Å²) < 4.78 is 6.85. The number of furan rings is 1. The van der Waals surface area contributed by atoms with Gasteiger partial charge in [-0.15, -0.1) is 0 Å². The molecule has 84 valence electrons. The van der Waals surface area contributed by atoms with Crippen LogP contribution in [0.1, 0.15) is 11.3 Å². The Morgan fingerprint density at radius 1 is 1.25 bits per heavy atom. The molecule has 0 bridgehead atoms. The zero-order valence-corrected chi connectivity index (χ0v) is 11.0. The molecular weight excluding hydrogens is 266 g/mol. The Morgan fingerprint density at radius 3 is 2.81 bits per heavy atom. The monoisotopic (exact) mass is 279 g/mol. The van der Waals surface area contributed by atoms with Gasteiger partial charge in [-0.25, -0.2) is 0 Å². The molecule has 1 aromatic carbocycles. The summed E-state index contributed by atoms with van der Waals surface area (Å²) in [4.78, 5) is 0. The number of aryl methyl sites for hydroxylation is 1. The maximum Gasteiger partial charge on any atom is 0.135 e. The van der Waals surface area contributed by atoms with Crippen molar-refractivity contribution in [3.8, 4) is 11.3 Å². The second-order valence-corrected chi connectivity index (χ2v) is 4.53. The van der Waals surface area contributed by atoms with Crippen molar-refractivity contribution in [2.45, 2.75) is 13.5 Å². The summed E-state index contributed by atoms with van der Waals surface area (Å²) >= 11 is 3.59. The Morgan fingerprint density at radius 2 is 2.06 bits per heavy atom.